The SMILES string of the molecule is CCS(=O)(=O)Oc1cccc(OC)c1F. The van der Waals surface area contributed by atoms with E-state index in [1.165, 1.54) is 32.2 Å². The van der Waals surface area contributed by atoms with Crippen LogP contribution in [0.5, 0.6) is 11.5 Å². The summed E-state index contributed by atoms with van der Waals surface area (Å²) in [6.45, 7) is 1.41. The highest BCUT2D eigenvalue weighted by Gasteiger charge is 2.15. The molecule has 0 heterocycles. The van der Waals surface area contributed by atoms with E-state index < -0.39 is 15.9 Å². The van der Waals surface area contributed by atoms with Crippen molar-refractivity contribution >= 4 is 10.1 Å². The summed E-state index contributed by atoms with van der Waals surface area (Å²) >= 11 is 0. The topological polar surface area (TPSA) is 52.6 Å². The third kappa shape index (κ3) is 2.82. The molecule has 1 aromatic rings. The molecule has 0 aromatic heterocycles. The first-order chi connectivity index (χ1) is 7.00. The van der Waals surface area contributed by atoms with Crippen LogP contribution in [0.25, 0.3) is 0 Å². The van der Waals surface area contributed by atoms with Crippen LogP contribution in [0, 0.1) is 5.82 Å². The summed E-state index contributed by atoms with van der Waals surface area (Å²) in [5, 5.41) is 0. The predicted octanol–water partition coefficient (Wildman–Crippen LogP) is 1.56. The highest BCUT2D eigenvalue weighted by molar-refractivity contribution is 7.87. The molecule has 0 amide bonds. The number of methoxy groups -OCH3 is 1. The van der Waals surface area contributed by atoms with Gasteiger partial charge in [-0.3, -0.25) is 0 Å². The largest absolute Gasteiger partial charge is 0.494 e. The Morgan fingerprint density at radius 1 is 1.33 bits per heavy atom. The Balaban J connectivity index is 3.06. The second kappa shape index (κ2) is 4.48. The molecule has 0 unspecified atom stereocenters. The quantitative estimate of drug-likeness (QED) is 0.742. The molecule has 1 aromatic carbocycles. The van der Waals surface area contributed by atoms with E-state index in [-0.39, 0.29) is 17.3 Å². The number of benzene rings is 1. The third-order valence-corrected chi connectivity index (χ3v) is 2.86. The number of ether oxygens (including phenoxy) is 1. The lowest BCUT2D eigenvalue weighted by Gasteiger charge is -2.08. The summed E-state index contributed by atoms with van der Waals surface area (Å²) in [6, 6.07) is 4.05. The maximum absolute atomic E-state index is 13.4. The van der Waals surface area contributed by atoms with Crippen molar-refractivity contribution in [3.8, 4) is 11.5 Å². The molecule has 0 N–H and O–H groups in total. The molecular formula is C9H11FO4S. The average molecular weight is 234 g/mol. The predicted molar refractivity (Wildman–Crippen MR) is 53.0 cm³/mol. The van der Waals surface area contributed by atoms with Crippen LogP contribution in [0.15, 0.2) is 18.2 Å². The molecule has 6 heteroatoms. The summed E-state index contributed by atoms with van der Waals surface area (Å²) in [5.41, 5.74) is 0. The molecule has 0 aliphatic carbocycles. The zero-order valence-electron chi connectivity index (χ0n) is 8.36. The number of halogens is 1. The van der Waals surface area contributed by atoms with Crippen molar-refractivity contribution in [2.75, 3.05) is 12.9 Å². The minimum Gasteiger partial charge on any atom is -0.494 e. The smallest absolute Gasteiger partial charge is 0.309 e. The van der Waals surface area contributed by atoms with Gasteiger partial charge in [-0.05, 0) is 19.1 Å². The molecule has 4 nitrogen and oxygen atoms in total. The van der Waals surface area contributed by atoms with Crippen LogP contribution in [0.3, 0.4) is 0 Å². The van der Waals surface area contributed by atoms with Gasteiger partial charge in [-0.15, -0.1) is 0 Å². The van der Waals surface area contributed by atoms with Crippen molar-refractivity contribution in [2.45, 2.75) is 6.92 Å². The van der Waals surface area contributed by atoms with E-state index in [2.05, 4.69) is 8.92 Å². The summed E-state index contributed by atoms with van der Waals surface area (Å²) in [5.74, 6) is -1.45. The molecule has 0 saturated heterocycles. The molecule has 0 radical (unpaired) electrons. The Kier molecular flexibility index (Phi) is 3.52. The van der Waals surface area contributed by atoms with Crippen molar-refractivity contribution in [2.24, 2.45) is 0 Å². The van der Waals surface area contributed by atoms with Crippen LogP contribution in [0.2, 0.25) is 0 Å². The molecule has 0 spiro atoms. The molecule has 0 bridgehead atoms. The lowest BCUT2D eigenvalue weighted by atomic mass is 10.3. The fraction of sp³-hybridized carbons (Fsp3) is 0.333. The molecule has 15 heavy (non-hydrogen) atoms. The fourth-order valence-corrected chi connectivity index (χ4v) is 1.43. The number of hydrogen-bond donors (Lipinski definition) is 0. The summed E-state index contributed by atoms with van der Waals surface area (Å²) in [4.78, 5) is 0. The van der Waals surface area contributed by atoms with E-state index in [4.69, 9.17) is 0 Å². The lowest BCUT2D eigenvalue weighted by molar-refractivity contribution is 0.375. The zero-order chi connectivity index (χ0) is 11.5. The highest BCUT2D eigenvalue weighted by Crippen LogP contribution is 2.26. The fourth-order valence-electron chi connectivity index (χ4n) is 0.908. The van der Waals surface area contributed by atoms with Gasteiger partial charge in [0.15, 0.2) is 11.5 Å². The molecular weight excluding hydrogens is 223 g/mol. The first-order valence-corrected chi connectivity index (χ1v) is 5.82. The van der Waals surface area contributed by atoms with Crippen molar-refractivity contribution in [1.29, 1.82) is 0 Å². The van der Waals surface area contributed by atoms with Gasteiger partial charge in [0.05, 0.1) is 12.9 Å². The van der Waals surface area contributed by atoms with Gasteiger partial charge in [0.2, 0.25) is 5.82 Å². The summed E-state index contributed by atoms with van der Waals surface area (Å²) < 4.78 is 44.8. The van der Waals surface area contributed by atoms with Gasteiger partial charge >= 0.3 is 10.1 Å². The van der Waals surface area contributed by atoms with Crippen LogP contribution in [0.1, 0.15) is 6.92 Å². The maximum atomic E-state index is 13.4. The van der Waals surface area contributed by atoms with Crippen LogP contribution < -0.4 is 8.92 Å². The third-order valence-electron chi connectivity index (χ3n) is 1.72. The minimum absolute atomic E-state index is 0.0567. The van der Waals surface area contributed by atoms with E-state index in [9.17, 15) is 12.8 Å². The molecule has 1 rings (SSSR count). The normalized spacial score (nSPS) is 11.1. The Morgan fingerprint density at radius 2 is 1.93 bits per heavy atom. The van der Waals surface area contributed by atoms with Crippen molar-refractivity contribution < 1.29 is 21.7 Å². The van der Waals surface area contributed by atoms with Crippen LogP contribution in [0.4, 0.5) is 4.39 Å². The molecule has 0 saturated carbocycles. The van der Waals surface area contributed by atoms with E-state index in [1.807, 2.05) is 0 Å². The average Bonchev–Trinajstić information content (AvgIpc) is 2.21. The second-order valence-electron chi connectivity index (χ2n) is 2.70. The van der Waals surface area contributed by atoms with E-state index >= 15 is 0 Å². The monoisotopic (exact) mass is 234 g/mol. The Morgan fingerprint density at radius 3 is 2.47 bits per heavy atom. The van der Waals surface area contributed by atoms with Crippen molar-refractivity contribution in [3.05, 3.63) is 24.0 Å². The van der Waals surface area contributed by atoms with Crippen LogP contribution in [-0.4, -0.2) is 21.3 Å². The van der Waals surface area contributed by atoms with Gasteiger partial charge < -0.3 is 8.92 Å². The first-order valence-electron chi connectivity index (χ1n) is 4.25. The minimum atomic E-state index is -3.72. The summed E-state index contributed by atoms with van der Waals surface area (Å²) in [6.07, 6.45) is 0. The molecule has 0 atom stereocenters. The van der Waals surface area contributed by atoms with E-state index in [0.717, 1.165) is 0 Å². The standard InChI is InChI=1S/C9H11FO4S/c1-3-15(11,12)14-8-6-4-5-7(13-2)9(8)10/h4-6H,3H2,1-2H3. The highest BCUT2D eigenvalue weighted by atomic mass is 32.2. The van der Waals surface area contributed by atoms with Crippen molar-refractivity contribution in [1.82, 2.24) is 0 Å². The van der Waals surface area contributed by atoms with Gasteiger partial charge in [0.25, 0.3) is 0 Å². The molecule has 0 aliphatic heterocycles. The molecule has 0 aliphatic rings. The van der Waals surface area contributed by atoms with Gasteiger partial charge in [-0.2, -0.15) is 12.8 Å². The van der Waals surface area contributed by atoms with Gasteiger partial charge in [0.1, 0.15) is 0 Å². The number of rotatable bonds is 4. The zero-order valence-corrected chi connectivity index (χ0v) is 9.17. The number of hydrogen-bond acceptors (Lipinski definition) is 4. The Bertz CT molecular complexity index is 441. The lowest BCUT2D eigenvalue weighted by Crippen LogP contribution is -2.12. The van der Waals surface area contributed by atoms with E-state index in [1.54, 1.807) is 0 Å². The van der Waals surface area contributed by atoms with E-state index in [0.29, 0.717) is 0 Å². The summed E-state index contributed by atoms with van der Waals surface area (Å²) in [7, 11) is -2.43. The van der Waals surface area contributed by atoms with Gasteiger partial charge in [0, 0.05) is 0 Å². The second-order valence-corrected chi connectivity index (χ2v) is 4.56. The molecule has 0 fully saturated rings. The van der Waals surface area contributed by atoms with Gasteiger partial charge in [-0.1, -0.05) is 6.07 Å². The van der Waals surface area contributed by atoms with Crippen LogP contribution in [-0.2, 0) is 10.1 Å². The Labute approximate surface area is 87.8 Å². The van der Waals surface area contributed by atoms with Crippen LogP contribution >= 0.6 is 0 Å². The molecule has 84 valence electrons. The maximum Gasteiger partial charge on any atom is 0.309 e. The first kappa shape index (κ1) is 11.8. The van der Waals surface area contributed by atoms with Gasteiger partial charge in [-0.25, -0.2) is 0 Å². The van der Waals surface area contributed by atoms with Crippen molar-refractivity contribution in [3.63, 3.8) is 0 Å². The Hall–Kier alpha value is -1.30.